The van der Waals surface area contributed by atoms with E-state index in [0.717, 1.165) is 12.1 Å². The highest BCUT2D eigenvalue weighted by Gasteiger charge is 1.97. The van der Waals surface area contributed by atoms with E-state index in [0.29, 0.717) is 0 Å². The fourth-order valence-corrected chi connectivity index (χ4v) is 0.531. The molecule has 0 atom stereocenters. The minimum absolute atomic E-state index is 0.284. The SMILES string of the molecule is CCc1cc(C#N)on1. The van der Waals surface area contributed by atoms with Crippen LogP contribution in [0.4, 0.5) is 0 Å². The predicted octanol–water partition coefficient (Wildman–Crippen LogP) is 1.11. The number of aromatic nitrogens is 1. The number of nitriles is 1. The summed E-state index contributed by atoms with van der Waals surface area (Å²) in [4.78, 5) is 0. The lowest BCUT2D eigenvalue weighted by Crippen LogP contribution is -1.73. The molecule has 0 unspecified atom stereocenters. The van der Waals surface area contributed by atoms with Gasteiger partial charge in [0.1, 0.15) is 6.07 Å². The van der Waals surface area contributed by atoms with Gasteiger partial charge in [-0.3, -0.25) is 0 Å². The zero-order valence-electron chi connectivity index (χ0n) is 5.09. The van der Waals surface area contributed by atoms with Crippen molar-refractivity contribution in [1.82, 2.24) is 5.16 Å². The van der Waals surface area contributed by atoms with Gasteiger partial charge in [0.15, 0.2) is 0 Å². The van der Waals surface area contributed by atoms with Gasteiger partial charge in [0.2, 0.25) is 5.76 Å². The van der Waals surface area contributed by atoms with Gasteiger partial charge in [-0.25, -0.2) is 0 Å². The van der Waals surface area contributed by atoms with Crippen LogP contribution in [0.1, 0.15) is 18.4 Å². The second kappa shape index (κ2) is 2.31. The van der Waals surface area contributed by atoms with E-state index in [4.69, 9.17) is 5.26 Å². The van der Waals surface area contributed by atoms with Gasteiger partial charge in [-0.1, -0.05) is 12.1 Å². The minimum Gasteiger partial charge on any atom is -0.345 e. The molecule has 0 aromatic carbocycles. The van der Waals surface area contributed by atoms with Gasteiger partial charge in [0.25, 0.3) is 0 Å². The molecule has 0 aliphatic heterocycles. The van der Waals surface area contributed by atoms with Crippen LogP contribution in [0.3, 0.4) is 0 Å². The first-order chi connectivity index (χ1) is 4.36. The molecular weight excluding hydrogens is 116 g/mol. The molecule has 0 aliphatic carbocycles. The molecular formula is C6H6N2O. The third-order valence-electron chi connectivity index (χ3n) is 1.03. The highest BCUT2D eigenvalue weighted by atomic mass is 16.5. The van der Waals surface area contributed by atoms with E-state index in [-0.39, 0.29) is 5.76 Å². The summed E-state index contributed by atoms with van der Waals surface area (Å²) >= 11 is 0. The summed E-state index contributed by atoms with van der Waals surface area (Å²) in [6.45, 7) is 1.96. The summed E-state index contributed by atoms with van der Waals surface area (Å²) in [6, 6.07) is 3.49. The fourth-order valence-electron chi connectivity index (χ4n) is 0.531. The summed E-state index contributed by atoms with van der Waals surface area (Å²) in [5.74, 6) is 0.284. The van der Waals surface area contributed by atoms with Crippen molar-refractivity contribution in [2.24, 2.45) is 0 Å². The van der Waals surface area contributed by atoms with Gasteiger partial charge in [0, 0.05) is 6.07 Å². The summed E-state index contributed by atoms with van der Waals surface area (Å²) in [7, 11) is 0. The monoisotopic (exact) mass is 122 g/mol. The molecule has 0 saturated carbocycles. The van der Waals surface area contributed by atoms with Crippen LogP contribution in [0, 0.1) is 11.3 Å². The maximum Gasteiger partial charge on any atom is 0.236 e. The van der Waals surface area contributed by atoms with Crippen molar-refractivity contribution in [2.45, 2.75) is 13.3 Å². The number of hydrogen-bond acceptors (Lipinski definition) is 3. The highest BCUT2D eigenvalue weighted by molar-refractivity contribution is 5.17. The Morgan fingerprint density at radius 2 is 2.67 bits per heavy atom. The standard InChI is InChI=1S/C6H6N2O/c1-2-5-3-6(4-7)9-8-5/h3H,2H2,1H3. The van der Waals surface area contributed by atoms with Crippen molar-refractivity contribution in [2.75, 3.05) is 0 Å². The first-order valence-electron chi connectivity index (χ1n) is 2.72. The lowest BCUT2D eigenvalue weighted by atomic mass is 10.3. The molecule has 0 spiro atoms. The van der Waals surface area contributed by atoms with E-state index in [1.54, 1.807) is 6.07 Å². The van der Waals surface area contributed by atoms with Crippen LogP contribution in [0.15, 0.2) is 10.6 Å². The van der Waals surface area contributed by atoms with Gasteiger partial charge in [0.05, 0.1) is 5.69 Å². The molecule has 0 fully saturated rings. The number of rotatable bonds is 1. The van der Waals surface area contributed by atoms with Crippen molar-refractivity contribution < 1.29 is 4.52 Å². The van der Waals surface area contributed by atoms with Crippen LogP contribution < -0.4 is 0 Å². The van der Waals surface area contributed by atoms with Crippen molar-refractivity contribution in [3.63, 3.8) is 0 Å². The highest BCUT2D eigenvalue weighted by Crippen LogP contribution is 2.00. The fraction of sp³-hybridized carbons (Fsp3) is 0.333. The Hall–Kier alpha value is -1.30. The molecule has 3 heteroatoms. The van der Waals surface area contributed by atoms with Crippen molar-refractivity contribution in [3.8, 4) is 6.07 Å². The molecule has 3 nitrogen and oxygen atoms in total. The van der Waals surface area contributed by atoms with E-state index < -0.39 is 0 Å². The molecule has 1 rings (SSSR count). The Morgan fingerprint density at radius 1 is 1.89 bits per heavy atom. The summed E-state index contributed by atoms with van der Waals surface area (Å²) in [5.41, 5.74) is 0.826. The Morgan fingerprint density at radius 3 is 3.00 bits per heavy atom. The minimum atomic E-state index is 0.284. The first-order valence-corrected chi connectivity index (χ1v) is 2.72. The number of aryl methyl sites for hydroxylation is 1. The maximum atomic E-state index is 8.26. The second-order valence-corrected chi connectivity index (χ2v) is 1.65. The lowest BCUT2D eigenvalue weighted by molar-refractivity contribution is 0.403. The third-order valence-corrected chi connectivity index (χ3v) is 1.03. The Bertz CT molecular complexity index is 233. The van der Waals surface area contributed by atoms with E-state index in [2.05, 4.69) is 9.68 Å². The summed E-state index contributed by atoms with van der Waals surface area (Å²) < 4.78 is 4.59. The van der Waals surface area contributed by atoms with Crippen LogP contribution in [0.2, 0.25) is 0 Å². The maximum absolute atomic E-state index is 8.26. The van der Waals surface area contributed by atoms with Crippen molar-refractivity contribution in [1.29, 1.82) is 5.26 Å². The molecule has 0 saturated heterocycles. The quantitative estimate of drug-likeness (QED) is 0.560. The molecule has 1 aromatic heterocycles. The molecule has 0 aliphatic rings. The Balaban J connectivity index is 2.90. The second-order valence-electron chi connectivity index (χ2n) is 1.65. The predicted molar refractivity (Wildman–Crippen MR) is 30.6 cm³/mol. The Labute approximate surface area is 52.9 Å². The summed E-state index contributed by atoms with van der Waals surface area (Å²) in [5, 5.41) is 11.9. The van der Waals surface area contributed by atoms with Crippen LogP contribution in [0.25, 0.3) is 0 Å². The van der Waals surface area contributed by atoms with Gasteiger partial charge in [-0.05, 0) is 6.42 Å². The molecule has 0 bridgehead atoms. The summed E-state index contributed by atoms with van der Waals surface area (Å²) in [6.07, 6.45) is 0.811. The molecule has 1 aromatic rings. The molecule has 9 heavy (non-hydrogen) atoms. The van der Waals surface area contributed by atoms with Gasteiger partial charge in [-0.2, -0.15) is 5.26 Å². The zero-order valence-corrected chi connectivity index (χ0v) is 5.09. The van der Waals surface area contributed by atoms with Crippen molar-refractivity contribution in [3.05, 3.63) is 17.5 Å². The number of nitrogens with zero attached hydrogens (tertiary/aromatic N) is 2. The van der Waals surface area contributed by atoms with Gasteiger partial charge < -0.3 is 4.52 Å². The molecule has 0 amide bonds. The number of hydrogen-bond donors (Lipinski definition) is 0. The molecule has 0 radical (unpaired) electrons. The van der Waals surface area contributed by atoms with Crippen LogP contribution in [-0.4, -0.2) is 5.16 Å². The largest absolute Gasteiger partial charge is 0.345 e. The normalized spacial score (nSPS) is 8.89. The average Bonchev–Trinajstić information content (AvgIpc) is 2.34. The van der Waals surface area contributed by atoms with E-state index in [1.807, 2.05) is 13.0 Å². The zero-order chi connectivity index (χ0) is 6.69. The van der Waals surface area contributed by atoms with Gasteiger partial charge >= 0.3 is 0 Å². The molecule has 1 heterocycles. The van der Waals surface area contributed by atoms with Crippen LogP contribution >= 0.6 is 0 Å². The van der Waals surface area contributed by atoms with Crippen LogP contribution in [0.5, 0.6) is 0 Å². The topological polar surface area (TPSA) is 49.8 Å². The van der Waals surface area contributed by atoms with E-state index in [9.17, 15) is 0 Å². The van der Waals surface area contributed by atoms with Crippen LogP contribution in [-0.2, 0) is 6.42 Å². The van der Waals surface area contributed by atoms with E-state index >= 15 is 0 Å². The third kappa shape index (κ3) is 1.08. The molecule has 0 N–H and O–H groups in total. The lowest BCUT2D eigenvalue weighted by Gasteiger charge is -1.74. The molecule has 46 valence electrons. The van der Waals surface area contributed by atoms with Crippen molar-refractivity contribution >= 4 is 0 Å². The first kappa shape index (κ1) is 5.83. The van der Waals surface area contributed by atoms with E-state index in [1.165, 1.54) is 0 Å². The van der Waals surface area contributed by atoms with Gasteiger partial charge in [-0.15, -0.1) is 0 Å². The average molecular weight is 122 g/mol. The Kier molecular flexibility index (Phi) is 1.50. The smallest absolute Gasteiger partial charge is 0.236 e.